The van der Waals surface area contributed by atoms with E-state index in [-0.39, 0.29) is 29.3 Å². The summed E-state index contributed by atoms with van der Waals surface area (Å²) in [5, 5.41) is 23.6. The summed E-state index contributed by atoms with van der Waals surface area (Å²) in [5.74, 6) is -0.820. The van der Waals surface area contributed by atoms with Crippen LogP contribution in [0.1, 0.15) is 46.5 Å². The minimum absolute atomic E-state index is 0.0377. The first-order valence-electron chi connectivity index (χ1n) is 8.54. The van der Waals surface area contributed by atoms with E-state index in [0.29, 0.717) is 6.61 Å². The number of hydrogen-bond donors (Lipinski definition) is 2. The second-order valence-electron chi connectivity index (χ2n) is 6.68. The molecule has 2 aliphatic heterocycles. The zero-order chi connectivity index (χ0) is 18.3. The van der Waals surface area contributed by atoms with Gasteiger partial charge in [-0.15, -0.1) is 0 Å². The lowest BCUT2D eigenvalue weighted by Gasteiger charge is -2.43. The van der Waals surface area contributed by atoms with Gasteiger partial charge in [0.25, 0.3) is 5.69 Å². The van der Waals surface area contributed by atoms with Gasteiger partial charge in [-0.1, -0.05) is 12.1 Å². The third-order valence-corrected chi connectivity index (χ3v) is 5.18. The van der Waals surface area contributed by atoms with Crippen molar-refractivity contribution in [1.29, 1.82) is 0 Å². The SMILES string of the molecule is O=C(O)c1ccc2c(c1)[C@H]1OCCC[C@@H]1[C@@H](c1ccc([N+](=O)[O-])cc1)N2. The summed E-state index contributed by atoms with van der Waals surface area (Å²) >= 11 is 0. The summed E-state index contributed by atoms with van der Waals surface area (Å²) in [7, 11) is 0. The largest absolute Gasteiger partial charge is 0.478 e. The number of rotatable bonds is 3. The molecule has 2 aliphatic rings. The van der Waals surface area contributed by atoms with Crippen LogP contribution in [0.25, 0.3) is 0 Å². The summed E-state index contributed by atoms with van der Waals surface area (Å²) in [6.45, 7) is 0.644. The number of nitro benzene ring substituents is 1. The summed E-state index contributed by atoms with van der Waals surface area (Å²) in [6.07, 6.45) is 1.69. The van der Waals surface area contributed by atoms with Gasteiger partial charge >= 0.3 is 5.97 Å². The minimum Gasteiger partial charge on any atom is -0.478 e. The first kappa shape index (κ1) is 16.5. The minimum atomic E-state index is -0.961. The second kappa shape index (κ2) is 6.42. The number of fused-ring (bicyclic) bond motifs is 3. The Morgan fingerprint density at radius 1 is 1.23 bits per heavy atom. The molecule has 0 spiro atoms. The zero-order valence-electron chi connectivity index (χ0n) is 13.9. The number of aromatic carboxylic acids is 1. The Morgan fingerprint density at radius 2 is 2.00 bits per heavy atom. The van der Waals surface area contributed by atoms with Crippen LogP contribution in [0.2, 0.25) is 0 Å². The van der Waals surface area contributed by atoms with Gasteiger partial charge in [-0.3, -0.25) is 10.1 Å². The first-order chi connectivity index (χ1) is 12.5. The molecule has 26 heavy (non-hydrogen) atoms. The monoisotopic (exact) mass is 354 g/mol. The lowest BCUT2D eigenvalue weighted by molar-refractivity contribution is -0.384. The van der Waals surface area contributed by atoms with Gasteiger partial charge in [0.15, 0.2) is 0 Å². The predicted molar refractivity (Wildman–Crippen MR) is 94.3 cm³/mol. The molecule has 134 valence electrons. The van der Waals surface area contributed by atoms with Crippen LogP contribution in [0.3, 0.4) is 0 Å². The Hall–Kier alpha value is -2.93. The van der Waals surface area contributed by atoms with E-state index in [1.807, 2.05) is 0 Å². The smallest absolute Gasteiger partial charge is 0.335 e. The van der Waals surface area contributed by atoms with E-state index in [1.54, 1.807) is 30.3 Å². The van der Waals surface area contributed by atoms with Crippen LogP contribution in [0.5, 0.6) is 0 Å². The molecule has 0 bridgehead atoms. The number of hydrogen-bond acceptors (Lipinski definition) is 5. The van der Waals surface area contributed by atoms with Crippen molar-refractivity contribution in [2.75, 3.05) is 11.9 Å². The maximum absolute atomic E-state index is 11.3. The molecule has 7 nitrogen and oxygen atoms in total. The van der Waals surface area contributed by atoms with Gasteiger partial charge in [-0.05, 0) is 36.6 Å². The molecule has 2 aromatic rings. The number of carboxylic acids is 1. The number of non-ortho nitro benzene ring substituents is 1. The van der Waals surface area contributed by atoms with Crippen LogP contribution in [0.15, 0.2) is 42.5 Å². The highest BCUT2D eigenvalue weighted by atomic mass is 16.6. The molecule has 0 amide bonds. The molecule has 0 radical (unpaired) electrons. The standard InChI is InChI=1S/C19H18N2O5/c22-19(23)12-5-8-16-15(10-12)18-14(2-1-9-26-18)17(20-16)11-3-6-13(7-4-11)21(24)25/h3-8,10,14,17-18,20H,1-2,9H2,(H,22,23)/t14-,17-,18+/m1/s1. The molecule has 2 N–H and O–H groups in total. The van der Waals surface area contributed by atoms with Crippen molar-refractivity contribution >= 4 is 17.3 Å². The number of anilines is 1. The quantitative estimate of drug-likeness (QED) is 0.640. The Kier molecular flexibility index (Phi) is 4.08. The molecule has 0 aromatic heterocycles. The fraction of sp³-hybridized carbons (Fsp3) is 0.316. The van der Waals surface area contributed by atoms with Crippen molar-refractivity contribution < 1.29 is 19.6 Å². The van der Waals surface area contributed by atoms with Gasteiger partial charge in [0.2, 0.25) is 0 Å². The zero-order valence-corrected chi connectivity index (χ0v) is 13.9. The van der Waals surface area contributed by atoms with Crippen molar-refractivity contribution in [2.45, 2.75) is 25.0 Å². The lowest BCUT2D eigenvalue weighted by atomic mass is 9.77. The fourth-order valence-electron chi connectivity index (χ4n) is 3.94. The van der Waals surface area contributed by atoms with Crippen molar-refractivity contribution in [2.24, 2.45) is 5.92 Å². The first-order valence-corrected chi connectivity index (χ1v) is 8.54. The van der Waals surface area contributed by atoms with Crippen molar-refractivity contribution in [1.82, 2.24) is 0 Å². The van der Waals surface area contributed by atoms with Crippen molar-refractivity contribution in [3.05, 3.63) is 69.3 Å². The number of carbonyl (C=O) groups is 1. The average Bonchev–Trinajstić information content (AvgIpc) is 2.67. The van der Waals surface area contributed by atoms with Crippen molar-refractivity contribution in [3.8, 4) is 0 Å². The third kappa shape index (κ3) is 2.80. The summed E-state index contributed by atoms with van der Waals surface area (Å²) in [6, 6.07) is 11.6. The van der Waals surface area contributed by atoms with Crippen LogP contribution < -0.4 is 5.32 Å². The molecule has 4 rings (SSSR count). The maximum atomic E-state index is 11.3. The lowest BCUT2D eigenvalue weighted by Crippen LogP contribution is -2.36. The Bertz CT molecular complexity index is 865. The van der Waals surface area contributed by atoms with Gasteiger partial charge in [-0.25, -0.2) is 4.79 Å². The summed E-state index contributed by atoms with van der Waals surface area (Å²) < 4.78 is 6.02. The number of carboxylic acid groups (broad SMARTS) is 1. The Labute approximate surface area is 149 Å². The molecule has 3 atom stereocenters. The maximum Gasteiger partial charge on any atom is 0.335 e. The molecule has 0 unspecified atom stereocenters. The van der Waals surface area contributed by atoms with E-state index in [4.69, 9.17) is 4.74 Å². The molecule has 2 aromatic carbocycles. The fourth-order valence-corrected chi connectivity index (χ4v) is 3.94. The molecule has 1 fully saturated rings. The molecule has 7 heteroatoms. The molecule has 2 heterocycles. The Morgan fingerprint density at radius 3 is 2.69 bits per heavy atom. The highest BCUT2D eigenvalue weighted by molar-refractivity contribution is 5.88. The molecular formula is C19H18N2O5. The summed E-state index contributed by atoms with van der Waals surface area (Å²) in [5.41, 5.74) is 2.98. The highest BCUT2D eigenvalue weighted by Gasteiger charge is 2.40. The van der Waals surface area contributed by atoms with E-state index < -0.39 is 10.9 Å². The normalized spacial score (nSPS) is 24.1. The highest BCUT2D eigenvalue weighted by Crippen LogP contribution is 2.49. The molecular weight excluding hydrogens is 336 g/mol. The van der Waals surface area contributed by atoms with Crippen molar-refractivity contribution in [3.63, 3.8) is 0 Å². The average molecular weight is 354 g/mol. The van der Waals surface area contributed by atoms with Crippen LogP contribution in [-0.4, -0.2) is 22.6 Å². The van der Waals surface area contributed by atoms with Crippen LogP contribution in [-0.2, 0) is 4.74 Å². The van der Waals surface area contributed by atoms with E-state index in [2.05, 4.69) is 5.32 Å². The topological polar surface area (TPSA) is 102 Å². The van der Waals surface area contributed by atoms with E-state index in [1.165, 1.54) is 12.1 Å². The Balaban J connectivity index is 1.73. The van der Waals surface area contributed by atoms with Gasteiger partial charge in [-0.2, -0.15) is 0 Å². The molecule has 0 saturated carbocycles. The number of nitrogens with one attached hydrogen (secondary N) is 1. The van der Waals surface area contributed by atoms with Crippen LogP contribution >= 0.6 is 0 Å². The van der Waals surface area contributed by atoms with E-state index >= 15 is 0 Å². The van der Waals surface area contributed by atoms with Gasteiger partial charge in [0, 0.05) is 35.9 Å². The predicted octanol–water partition coefficient (Wildman–Crippen LogP) is 3.93. The molecule has 1 saturated heterocycles. The molecule has 0 aliphatic carbocycles. The van der Waals surface area contributed by atoms with Gasteiger partial charge in [0.1, 0.15) is 0 Å². The van der Waals surface area contributed by atoms with Gasteiger partial charge in [0.05, 0.1) is 22.6 Å². The van der Waals surface area contributed by atoms with E-state index in [9.17, 15) is 20.0 Å². The second-order valence-corrected chi connectivity index (χ2v) is 6.68. The third-order valence-electron chi connectivity index (χ3n) is 5.18. The number of ether oxygens (including phenoxy) is 1. The number of nitrogens with zero attached hydrogens (tertiary/aromatic N) is 1. The van der Waals surface area contributed by atoms with Crippen LogP contribution in [0.4, 0.5) is 11.4 Å². The number of nitro groups is 1. The number of benzene rings is 2. The van der Waals surface area contributed by atoms with Crippen LogP contribution in [0, 0.1) is 16.0 Å². The summed E-state index contributed by atoms with van der Waals surface area (Å²) in [4.78, 5) is 21.8. The van der Waals surface area contributed by atoms with Gasteiger partial charge < -0.3 is 15.2 Å². The van der Waals surface area contributed by atoms with E-state index in [0.717, 1.165) is 29.7 Å².